The second-order valence-electron chi connectivity index (χ2n) is 14.8. The van der Waals surface area contributed by atoms with E-state index in [1.54, 1.807) is 36.4 Å². The molecule has 4 aromatic rings. The van der Waals surface area contributed by atoms with Gasteiger partial charge in [0.25, 0.3) is 0 Å². The molecule has 0 saturated heterocycles. The molecule has 2 N–H and O–H groups in total. The zero-order valence-electron chi connectivity index (χ0n) is 32.7. The Morgan fingerprint density at radius 1 is 0.667 bits per heavy atom. The van der Waals surface area contributed by atoms with Gasteiger partial charge in [0, 0.05) is 20.9 Å². The van der Waals surface area contributed by atoms with Crippen molar-refractivity contribution in [3.05, 3.63) is 94.0 Å². The van der Waals surface area contributed by atoms with Crippen LogP contribution in [0.3, 0.4) is 0 Å². The van der Waals surface area contributed by atoms with Gasteiger partial charge < -0.3 is 19.7 Å². The Labute approximate surface area is 363 Å². The zero-order chi connectivity index (χ0) is 43.8. The molecule has 0 spiro atoms. The fourth-order valence-corrected chi connectivity index (χ4v) is 8.91. The molecule has 0 unspecified atom stereocenters. The molecule has 0 heterocycles. The molecule has 2 aliphatic carbocycles. The number of benzene rings is 4. The maximum absolute atomic E-state index is 12.8. The van der Waals surface area contributed by atoms with Gasteiger partial charge >= 0.3 is 24.3 Å². The van der Waals surface area contributed by atoms with E-state index in [1.165, 1.54) is 35.7 Å². The van der Waals surface area contributed by atoms with Crippen molar-refractivity contribution in [3.8, 4) is 33.8 Å². The molecule has 0 aliphatic heterocycles. The molecule has 2 atom stereocenters. The van der Waals surface area contributed by atoms with E-state index < -0.39 is 49.3 Å². The standard InChI is InChI=1S/2C22H22ClF3O3S/c1-30-16-7-5-14(6-8-16)17-10-15(18(21(27)28)9-13-3-2-4-13)11-19(23)20(17)29-12-22(24,25)26;1-30-16-8-6-13(7-9-16)17-10-15(19(21(27)28)14-4-2-3-5-14)11-18(23)20(17)29-12-22(24,25)26/h5-8,10-11,13,18H,2-4,9,12H2,1H3,(H,27,28);6-11,14,19H,2-5,12H2,1H3,(H,27,28)/t18-;19-/m10/s1. The van der Waals surface area contributed by atoms with E-state index >= 15 is 0 Å². The maximum Gasteiger partial charge on any atom is 0.422 e. The summed E-state index contributed by atoms with van der Waals surface area (Å²) < 4.78 is 86.7. The number of carbonyl (C=O) groups is 2. The molecule has 0 amide bonds. The number of hydrogen-bond acceptors (Lipinski definition) is 6. The van der Waals surface area contributed by atoms with Gasteiger partial charge in [-0.3, -0.25) is 9.59 Å². The van der Waals surface area contributed by atoms with Gasteiger partial charge in [0.1, 0.15) is 11.5 Å². The lowest BCUT2D eigenvalue weighted by Gasteiger charge is -2.28. The number of thioether (sulfide) groups is 2. The quantitative estimate of drug-likeness (QED) is 0.0900. The van der Waals surface area contributed by atoms with Gasteiger partial charge in [-0.2, -0.15) is 26.3 Å². The molecular formula is C44H44Cl2F6O6S2. The summed E-state index contributed by atoms with van der Waals surface area (Å²) in [6.45, 7) is -2.96. The molecule has 2 saturated carbocycles. The molecule has 6 rings (SSSR count). The van der Waals surface area contributed by atoms with Crippen molar-refractivity contribution in [2.75, 3.05) is 25.7 Å². The van der Waals surface area contributed by atoms with Gasteiger partial charge in [-0.15, -0.1) is 23.5 Å². The highest BCUT2D eigenvalue weighted by atomic mass is 35.5. The largest absolute Gasteiger partial charge is 0.482 e. The van der Waals surface area contributed by atoms with Gasteiger partial charge in [0.15, 0.2) is 13.2 Å². The fraction of sp³-hybridized carbons (Fsp3) is 0.409. The normalized spacial score (nSPS) is 15.7. The number of halogens is 8. The third kappa shape index (κ3) is 12.9. The first-order valence-electron chi connectivity index (χ1n) is 19.2. The van der Waals surface area contributed by atoms with Crippen LogP contribution in [-0.2, 0) is 9.59 Å². The Morgan fingerprint density at radius 3 is 1.47 bits per heavy atom. The van der Waals surface area contributed by atoms with Gasteiger partial charge in [-0.1, -0.05) is 79.6 Å². The Balaban J connectivity index is 0.000000228. The summed E-state index contributed by atoms with van der Waals surface area (Å²) in [7, 11) is 0. The first-order valence-corrected chi connectivity index (χ1v) is 22.4. The number of ether oxygens (including phenoxy) is 2. The van der Waals surface area contributed by atoms with Gasteiger partial charge in [0.05, 0.1) is 21.9 Å². The number of carboxylic acids is 2. The average molecular weight is 918 g/mol. The summed E-state index contributed by atoms with van der Waals surface area (Å²) in [5.41, 5.74) is 2.91. The number of aliphatic carboxylic acids is 2. The molecule has 0 bridgehead atoms. The van der Waals surface area contributed by atoms with E-state index in [4.69, 9.17) is 32.7 Å². The van der Waals surface area contributed by atoms with Crippen LogP contribution in [0.15, 0.2) is 82.6 Å². The van der Waals surface area contributed by atoms with E-state index in [0.717, 1.165) is 54.7 Å². The number of rotatable bonds is 15. The van der Waals surface area contributed by atoms with E-state index in [1.807, 2.05) is 36.8 Å². The van der Waals surface area contributed by atoms with Crippen LogP contribution >= 0.6 is 46.7 Å². The van der Waals surface area contributed by atoms with Crippen molar-refractivity contribution in [1.82, 2.24) is 0 Å². The first-order chi connectivity index (χ1) is 28.4. The smallest absolute Gasteiger partial charge is 0.422 e. The summed E-state index contributed by atoms with van der Waals surface area (Å²) >= 11 is 15.7. The van der Waals surface area contributed by atoms with Crippen molar-refractivity contribution in [2.45, 2.75) is 85.3 Å². The van der Waals surface area contributed by atoms with Crippen LogP contribution in [-0.4, -0.2) is 60.2 Å². The van der Waals surface area contributed by atoms with Crippen molar-refractivity contribution in [2.24, 2.45) is 11.8 Å². The van der Waals surface area contributed by atoms with Crippen LogP contribution in [0.2, 0.25) is 10.0 Å². The molecule has 2 aliphatic rings. The lowest BCUT2D eigenvalue weighted by atomic mass is 9.77. The summed E-state index contributed by atoms with van der Waals surface area (Å²) in [5, 5.41) is 19.6. The molecular weight excluding hydrogens is 874 g/mol. The van der Waals surface area contributed by atoms with Crippen LogP contribution in [0, 0.1) is 11.8 Å². The van der Waals surface area contributed by atoms with E-state index in [2.05, 4.69) is 0 Å². The number of carboxylic acid groups (broad SMARTS) is 2. The zero-order valence-corrected chi connectivity index (χ0v) is 35.8. The van der Waals surface area contributed by atoms with E-state index in [-0.39, 0.29) is 27.5 Å². The van der Waals surface area contributed by atoms with Gasteiger partial charge in [-0.25, -0.2) is 0 Å². The SMILES string of the molecule is CSc1ccc(-c2cc([C@@H](C(=O)O)C3CCCC3)cc(Cl)c2OCC(F)(F)F)cc1.CSc1ccc(-c2cc([C@@H](CC3CCC3)C(=O)O)cc(Cl)c2OCC(F)(F)F)cc1. The minimum absolute atomic E-state index is 0.0211. The van der Waals surface area contributed by atoms with Gasteiger partial charge in [-0.05, 0) is 114 Å². The van der Waals surface area contributed by atoms with Crippen LogP contribution in [0.25, 0.3) is 22.3 Å². The van der Waals surface area contributed by atoms with Crippen LogP contribution in [0.5, 0.6) is 11.5 Å². The van der Waals surface area contributed by atoms with Crippen molar-refractivity contribution in [3.63, 3.8) is 0 Å². The molecule has 324 valence electrons. The number of alkyl halides is 6. The predicted octanol–water partition coefficient (Wildman–Crippen LogP) is 14.1. The molecule has 0 aromatic heterocycles. The van der Waals surface area contributed by atoms with Crippen molar-refractivity contribution >= 4 is 58.7 Å². The first kappa shape index (κ1) is 47.3. The van der Waals surface area contributed by atoms with Crippen LogP contribution < -0.4 is 9.47 Å². The maximum atomic E-state index is 12.8. The molecule has 4 aromatic carbocycles. The summed E-state index contributed by atoms with van der Waals surface area (Å²) in [5.74, 6) is -3.31. The highest BCUT2D eigenvalue weighted by Gasteiger charge is 2.35. The minimum atomic E-state index is -4.52. The molecule has 0 radical (unpaired) electrons. The summed E-state index contributed by atoms with van der Waals surface area (Å²) in [6.07, 6.45) is 1.92. The Hall–Kier alpha value is -3.72. The third-order valence-electron chi connectivity index (χ3n) is 10.7. The topological polar surface area (TPSA) is 93.1 Å². The summed E-state index contributed by atoms with van der Waals surface area (Å²) in [6, 6.07) is 20.5. The fourth-order valence-electron chi connectivity index (χ4n) is 7.53. The highest BCUT2D eigenvalue weighted by Crippen LogP contribution is 2.46. The van der Waals surface area contributed by atoms with E-state index in [0.29, 0.717) is 45.7 Å². The lowest BCUT2D eigenvalue weighted by molar-refractivity contribution is -0.154. The Morgan fingerprint density at radius 2 is 1.10 bits per heavy atom. The number of hydrogen-bond donors (Lipinski definition) is 2. The van der Waals surface area contributed by atoms with E-state index in [9.17, 15) is 46.1 Å². The summed E-state index contributed by atoms with van der Waals surface area (Å²) in [4.78, 5) is 26.0. The Bertz CT molecular complexity index is 2090. The molecule has 60 heavy (non-hydrogen) atoms. The van der Waals surface area contributed by atoms with Crippen molar-refractivity contribution < 1.29 is 55.6 Å². The highest BCUT2D eigenvalue weighted by molar-refractivity contribution is 7.98. The average Bonchev–Trinajstić information content (AvgIpc) is 3.70. The predicted molar refractivity (Wildman–Crippen MR) is 225 cm³/mol. The second-order valence-corrected chi connectivity index (χ2v) is 17.4. The lowest BCUT2D eigenvalue weighted by Crippen LogP contribution is -2.21. The molecule has 2 fully saturated rings. The third-order valence-corrected chi connectivity index (χ3v) is 12.7. The van der Waals surface area contributed by atoms with Gasteiger partial charge in [0.2, 0.25) is 0 Å². The minimum Gasteiger partial charge on any atom is -0.482 e. The van der Waals surface area contributed by atoms with Crippen LogP contribution in [0.1, 0.15) is 74.3 Å². The second kappa shape index (κ2) is 20.9. The monoisotopic (exact) mass is 916 g/mol. The Kier molecular flexibility index (Phi) is 16.5. The molecule has 16 heteroatoms. The van der Waals surface area contributed by atoms with Crippen molar-refractivity contribution in [1.29, 1.82) is 0 Å². The van der Waals surface area contributed by atoms with Crippen LogP contribution in [0.4, 0.5) is 26.3 Å². The molecule has 6 nitrogen and oxygen atoms in total.